The lowest BCUT2D eigenvalue weighted by molar-refractivity contribution is -0.130. The maximum atomic E-state index is 12.3. The fraction of sp³-hybridized carbons (Fsp3) is 0.550. The number of carbonyl (C=O) groups excluding carboxylic acids is 3. The summed E-state index contributed by atoms with van der Waals surface area (Å²) in [6.07, 6.45) is -0.282. The average molecular weight is 408 g/mol. The Kier molecular flexibility index (Phi) is 7.74. The van der Waals surface area contributed by atoms with E-state index in [-0.39, 0.29) is 11.8 Å². The zero-order chi connectivity index (χ0) is 20.7. The number of ether oxygens (including phenoxy) is 1. The van der Waals surface area contributed by atoms with Gasteiger partial charge in [-0.1, -0.05) is 12.1 Å². The lowest BCUT2D eigenvalue weighted by Crippen LogP contribution is -2.43. The van der Waals surface area contributed by atoms with E-state index in [4.69, 9.17) is 4.74 Å². The predicted octanol–water partition coefficient (Wildman–Crippen LogP) is 2.66. The zero-order valence-electron chi connectivity index (χ0n) is 16.9. The zero-order valence-corrected chi connectivity index (χ0v) is 17.7. The van der Waals surface area contributed by atoms with Gasteiger partial charge in [0.15, 0.2) is 0 Å². The van der Waals surface area contributed by atoms with Crippen molar-refractivity contribution in [1.29, 1.82) is 0 Å². The molecule has 0 unspecified atom stereocenters. The first-order chi connectivity index (χ1) is 13.1. The summed E-state index contributed by atoms with van der Waals surface area (Å²) in [5, 5.41) is 5.25. The third kappa shape index (κ3) is 7.42. The number of rotatable bonds is 5. The van der Waals surface area contributed by atoms with Crippen LogP contribution in [0.25, 0.3) is 0 Å². The molecule has 28 heavy (non-hydrogen) atoms. The van der Waals surface area contributed by atoms with Crippen LogP contribution < -0.4 is 10.6 Å². The monoisotopic (exact) mass is 407 g/mol. The van der Waals surface area contributed by atoms with Gasteiger partial charge in [0.2, 0.25) is 11.8 Å². The molecule has 1 aliphatic heterocycles. The lowest BCUT2D eigenvalue weighted by atomic mass is 10.1. The first-order valence-electron chi connectivity index (χ1n) is 9.39. The summed E-state index contributed by atoms with van der Waals surface area (Å²) in [6, 6.07) is 6.43. The van der Waals surface area contributed by atoms with Gasteiger partial charge in [0.25, 0.3) is 0 Å². The van der Waals surface area contributed by atoms with Gasteiger partial charge in [-0.15, -0.1) is 0 Å². The molecule has 8 heteroatoms. The van der Waals surface area contributed by atoms with E-state index in [0.29, 0.717) is 12.1 Å². The van der Waals surface area contributed by atoms with Crippen LogP contribution in [0, 0.1) is 0 Å². The van der Waals surface area contributed by atoms with E-state index < -0.39 is 17.7 Å². The molecule has 2 N–H and O–H groups in total. The molecule has 1 aromatic rings. The lowest BCUT2D eigenvalue weighted by Gasteiger charge is -2.26. The number of hydrogen-bond donors (Lipinski definition) is 2. The highest BCUT2D eigenvalue weighted by atomic mass is 32.2. The summed E-state index contributed by atoms with van der Waals surface area (Å²) < 4.78 is 5.14. The van der Waals surface area contributed by atoms with Gasteiger partial charge in [0.05, 0.1) is 6.42 Å². The Morgan fingerprint density at radius 2 is 1.75 bits per heavy atom. The Labute approximate surface area is 170 Å². The smallest absolute Gasteiger partial charge is 0.408 e. The molecule has 0 aliphatic carbocycles. The fourth-order valence-electron chi connectivity index (χ4n) is 2.61. The second-order valence-electron chi connectivity index (χ2n) is 7.72. The molecule has 1 atom stereocenters. The minimum Gasteiger partial charge on any atom is -0.444 e. The fourth-order valence-corrected chi connectivity index (χ4v) is 3.51. The van der Waals surface area contributed by atoms with Crippen LogP contribution >= 0.6 is 11.8 Å². The minimum atomic E-state index is -0.743. The number of alkyl carbamates (subject to hydrolysis) is 1. The molecular formula is C20H29N3O4S. The van der Waals surface area contributed by atoms with E-state index in [1.165, 1.54) is 0 Å². The summed E-state index contributed by atoms with van der Waals surface area (Å²) >= 11 is 1.87. The van der Waals surface area contributed by atoms with Crippen molar-refractivity contribution in [1.82, 2.24) is 10.2 Å². The van der Waals surface area contributed by atoms with Crippen LogP contribution in [0.4, 0.5) is 10.5 Å². The first kappa shape index (κ1) is 22.1. The molecular weight excluding hydrogens is 378 g/mol. The molecule has 0 radical (unpaired) electrons. The van der Waals surface area contributed by atoms with Crippen LogP contribution in [-0.2, 0) is 20.7 Å². The second-order valence-corrected chi connectivity index (χ2v) is 8.95. The van der Waals surface area contributed by atoms with Crippen molar-refractivity contribution in [2.45, 2.75) is 45.8 Å². The Morgan fingerprint density at radius 3 is 2.32 bits per heavy atom. The van der Waals surface area contributed by atoms with Crippen LogP contribution in [0.3, 0.4) is 0 Å². The second kappa shape index (κ2) is 9.82. The summed E-state index contributed by atoms with van der Waals surface area (Å²) in [5.41, 5.74) is 0.884. The molecule has 3 amide bonds. The van der Waals surface area contributed by atoms with Crippen LogP contribution in [0.5, 0.6) is 0 Å². The van der Waals surface area contributed by atoms with E-state index >= 15 is 0 Å². The van der Waals surface area contributed by atoms with E-state index in [1.54, 1.807) is 39.8 Å². The number of nitrogens with one attached hydrogen (secondary N) is 2. The van der Waals surface area contributed by atoms with Gasteiger partial charge in [-0.2, -0.15) is 11.8 Å². The van der Waals surface area contributed by atoms with Gasteiger partial charge in [-0.3, -0.25) is 9.59 Å². The van der Waals surface area contributed by atoms with Crippen molar-refractivity contribution in [3.8, 4) is 0 Å². The van der Waals surface area contributed by atoms with Gasteiger partial charge in [-0.25, -0.2) is 4.79 Å². The highest BCUT2D eigenvalue weighted by molar-refractivity contribution is 7.99. The number of thioether (sulfide) groups is 1. The number of benzene rings is 1. The molecule has 2 rings (SSSR count). The molecule has 1 heterocycles. The maximum absolute atomic E-state index is 12.3. The van der Waals surface area contributed by atoms with Crippen molar-refractivity contribution in [2.24, 2.45) is 0 Å². The predicted molar refractivity (Wildman–Crippen MR) is 112 cm³/mol. The third-order valence-electron chi connectivity index (χ3n) is 4.07. The van der Waals surface area contributed by atoms with Gasteiger partial charge in [-0.05, 0) is 45.4 Å². The molecule has 0 aromatic heterocycles. The Morgan fingerprint density at radius 1 is 1.14 bits per heavy atom. The summed E-state index contributed by atoms with van der Waals surface area (Å²) in [6.45, 7) is 8.47. The molecule has 0 bridgehead atoms. The van der Waals surface area contributed by atoms with E-state index in [9.17, 15) is 14.4 Å². The third-order valence-corrected chi connectivity index (χ3v) is 5.01. The van der Waals surface area contributed by atoms with Gasteiger partial charge in [0, 0.05) is 30.3 Å². The quantitative estimate of drug-likeness (QED) is 0.784. The SMILES string of the molecule is C[C@@H](NC(=O)OC(C)(C)C)C(=O)Nc1ccc(CC(=O)N2CCSCC2)cc1. The summed E-state index contributed by atoms with van der Waals surface area (Å²) in [4.78, 5) is 38.2. The number of carbonyl (C=O) groups is 3. The van der Waals surface area contributed by atoms with E-state index in [0.717, 1.165) is 30.2 Å². The van der Waals surface area contributed by atoms with Crippen molar-refractivity contribution in [3.63, 3.8) is 0 Å². The molecule has 1 fully saturated rings. The van der Waals surface area contributed by atoms with Crippen molar-refractivity contribution in [3.05, 3.63) is 29.8 Å². The minimum absolute atomic E-state index is 0.132. The normalized spacial score (nSPS) is 15.5. The standard InChI is InChI=1S/C20H29N3O4S/c1-14(21-19(26)27-20(2,3)4)18(25)22-16-7-5-15(6-8-16)13-17(24)23-9-11-28-12-10-23/h5-8,14H,9-13H2,1-4H3,(H,21,26)(H,22,25)/t14-/m1/s1. The highest BCUT2D eigenvalue weighted by Crippen LogP contribution is 2.14. The molecule has 1 aromatic carbocycles. The summed E-state index contributed by atoms with van der Waals surface area (Å²) in [5.74, 6) is 1.77. The van der Waals surface area contributed by atoms with E-state index in [2.05, 4.69) is 10.6 Å². The Balaban J connectivity index is 1.83. The molecule has 1 saturated heterocycles. The van der Waals surface area contributed by atoms with Crippen molar-refractivity contribution in [2.75, 3.05) is 29.9 Å². The van der Waals surface area contributed by atoms with Gasteiger partial charge >= 0.3 is 6.09 Å². The van der Waals surface area contributed by atoms with Crippen LogP contribution in [0.1, 0.15) is 33.3 Å². The molecule has 0 spiro atoms. The van der Waals surface area contributed by atoms with Crippen molar-refractivity contribution >= 4 is 35.4 Å². The Bertz CT molecular complexity index is 694. The van der Waals surface area contributed by atoms with Crippen molar-refractivity contribution < 1.29 is 19.1 Å². The number of amides is 3. The number of hydrogen-bond acceptors (Lipinski definition) is 5. The van der Waals surface area contributed by atoms with Crippen LogP contribution in [0.2, 0.25) is 0 Å². The molecule has 1 aliphatic rings. The number of anilines is 1. The molecule has 154 valence electrons. The average Bonchev–Trinajstić information content (AvgIpc) is 2.62. The van der Waals surface area contributed by atoms with Gasteiger partial charge in [0.1, 0.15) is 11.6 Å². The molecule has 0 saturated carbocycles. The topological polar surface area (TPSA) is 87.7 Å². The van der Waals surface area contributed by atoms with Gasteiger partial charge < -0.3 is 20.3 Å². The van der Waals surface area contributed by atoms with Crippen LogP contribution in [-0.4, -0.2) is 59.0 Å². The highest BCUT2D eigenvalue weighted by Gasteiger charge is 2.21. The Hall–Kier alpha value is -2.22. The largest absolute Gasteiger partial charge is 0.444 e. The summed E-state index contributed by atoms with van der Waals surface area (Å²) in [7, 11) is 0. The number of nitrogens with zero attached hydrogens (tertiary/aromatic N) is 1. The van der Waals surface area contributed by atoms with Crippen LogP contribution in [0.15, 0.2) is 24.3 Å². The van der Waals surface area contributed by atoms with E-state index in [1.807, 2.05) is 28.8 Å². The maximum Gasteiger partial charge on any atom is 0.408 e. The first-order valence-corrected chi connectivity index (χ1v) is 10.5. The molecule has 7 nitrogen and oxygen atoms in total.